The first kappa shape index (κ1) is 12.9. The molecule has 0 amide bonds. The molecule has 1 heterocycles. The molecule has 0 bridgehead atoms. The summed E-state index contributed by atoms with van der Waals surface area (Å²) in [7, 11) is 0. The zero-order chi connectivity index (χ0) is 11.3. The van der Waals surface area contributed by atoms with Crippen LogP contribution < -0.4 is 22.5 Å². The van der Waals surface area contributed by atoms with Gasteiger partial charge in [0, 0.05) is 50.8 Å². The number of rotatable bonds is 5. The van der Waals surface area contributed by atoms with Crippen LogP contribution in [0.1, 0.15) is 13.3 Å². The summed E-state index contributed by atoms with van der Waals surface area (Å²) in [6.07, 6.45) is 0.870. The lowest BCUT2D eigenvalue weighted by molar-refractivity contribution is 0.166. The van der Waals surface area contributed by atoms with Gasteiger partial charge in [-0.3, -0.25) is 4.90 Å². The standard InChI is InChI=1S/C10H25N5/c1-2-10(13,9(12)7-11)8-15-5-3-14-4-6-15/h9,14H,2-8,11-13H2,1H3. The third-order valence-corrected chi connectivity index (χ3v) is 3.38. The van der Waals surface area contributed by atoms with Crippen LogP contribution in [-0.2, 0) is 0 Å². The predicted molar refractivity (Wildman–Crippen MR) is 63.5 cm³/mol. The highest BCUT2D eigenvalue weighted by Crippen LogP contribution is 2.12. The summed E-state index contributed by atoms with van der Waals surface area (Å²) in [5.74, 6) is 0. The Morgan fingerprint density at radius 3 is 2.47 bits per heavy atom. The van der Waals surface area contributed by atoms with Crippen molar-refractivity contribution < 1.29 is 0 Å². The number of piperazine rings is 1. The molecule has 2 unspecified atom stereocenters. The molecule has 0 aliphatic carbocycles. The fraction of sp³-hybridized carbons (Fsp3) is 1.00. The Bertz CT molecular complexity index is 181. The van der Waals surface area contributed by atoms with Gasteiger partial charge in [0.05, 0.1) is 0 Å². The Balaban J connectivity index is 2.50. The second kappa shape index (κ2) is 5.77. The molecule has 5 nitrogen and oxygen atoms in total. The molecule has 90 valence electrons. The molecule has 5 heteroatoms. The molecular formula is C10H25N5. The van der Waals surface area contributed by atoms with Crippen LogP contribution in [0.5, 0.6) is 0 Å². The van der Waals surface area contributed by atoms with E-state index < -0.39 is 0 Å². The van der Waals surface area contributed by atoms with E-state index in [9.17, 15) is 0 Å². The molecule has 0 aromatic carbocycles. The summed E-state index contributed by atoms with van der Waals surface area (Å²) < 4.78 is 0. The van der Waals surface area contributed by atoms with Crippen molar-refractivity contribution in [2.24, 2.45) is 17.2 Å². The first-order chi connectivity index (χ1) is 7.12. The zero-order valence-electron chi connectivity index (χ0n) is 9.71. The van der Waals surface area contributed by atoms with Gasteiger partial charge in [-0.1, -0.05) is 6.92 Å². The van der Waals surface area contributed by atoms with Crippen LogP contribution in [-0.4, -0.2) is 55.7 Å². The van der Waals surface area contributed by atoms with Gasteiger partial charge in [0.15, 0.2) is 0 Å². The van der Waals surface area contributed by atoms with Crippen molar-refractivity contribution in [1.82, 2.24) is 10.2 Å². The Morgan fingerprint density at radius 1 is 1.40 bits per heavy atom. The van der Waals surface area contributed by atoms with Crippen molar-refractivity contribution in [2.45, 2.75) is 24.9 Å². The maximum absolute atomic E-state index is 6.32. The van der Waals surface area contributed by atoms with E-state index in [1.807, 2.05) is 0 Å². The van der Waals surface area contributed by atoms with E-state index in [0.29, 0.717) is 6.54 Å². The monoisotopic (exact) mass is 215 g/mol. The first-order valence-electron chi connectivity index (χ1n) is 5.80. The van der Waals surface area contributed by atoms with E-state index in [1.165, 1.54) is 0 Å². The van der Waals surface area contributed by atoms with Gasteiger partial charge in [-0.25, -0.2) is 0 Å². The van der Waals surface area contributed by atoms with Crippen LogP contribution in [0.25, 0.3) is 0 Å². The number of nitrogens with one attached hydrogen (secondary N) is 1. The smallest absolute Gasteiger partial charge is 0.0446 e. The largest absolute Gasteiger partial charge is 0.329 e. The topological polar surface area (TPSA) is 93.3 Å². The summed E-state index contributed by atoms with van der Waals surface area (Å²) in [6, 6.07) is -0.114. The van der Waals surface area contributed by atoms with Crippen molar-refractivity contribution >= 4 is 0 Å². The molecule has 0 saturated carbocycles. The normalized spacial score (nSPS) is 24.8. The quantitative estimate of drug-likeness (QED) is 0.438. The minimum absolute atomic E-state index is 0.114. The van der Waals surface area contributed by atoms with E-state index in [1.54, 1.807) is 0 Å². The van der Waals surface area contributed by atoms with Crippen LogP contribution in [0, 0.1) is 0 Å². The summed E-state index contributed by atoms with van der Waals surface area (Å²) in [5.41, 5.74) is 17.6. The van der Waals surface area contributed by atoms with Gasteiger partial charge in [-0.05, 0) is 6.42 Å². The summed E-state index contributed by atoms with van der Waals surface area (Å²) in [6.45, 7) is 7.57. The van der Waals surface area contributed by atoms with Crippen molar-refractivity contribution in [2.75, 3.05) is 39.3 Å². The van der Waals surface area contributed by atoms with Crippen molar-refractivity contribution in [1.29, 1.82) is 0 Å². The highest BCUT2D eigenvalue weighted by Gasteiger charge is 2.32. The molecule has 1 saturated heterocycles. The maximum atomic E-state index is 6.32. The predicted octanol–water partition coefficient (Wildman–Crippen LogP) is -1.71. The minimum atomic E-state index is -0.341. The third-order valence-electron chi connectivity index (χ3n) is 3.38. The number of nitrogens with zero attached hydrogens (tertiary/aromatic N) is 1. The maximum Gasteiger partial charge on any atom is 0.0446 e. The Labute approximate surface area is 92.3 Å². The molecule has 2 atom stereocenters. The molecule has 1 aliphatic rings. The third kappa shape index (κ3) is 3.39. The fourth-order valence-corrected chi connectivity index (χ4v) is 2.01. The number of hydrogen-bond acceptors (Lipinski definition) is 5. The van der Waals surface area contributed by atoms with Crippen molar-refractivity contribution in [3.63, 3.8) is 0 Å². The van der Waals surface area contributed by atoms with Gasteiger partial charge >= 0.3 is 0 Å². The molecule has 15 heavy (non-hydrogen) atoms. The fourth-order valence-electron chi connectivity index (χ4n) is 2.01. The van der Waals surface area contributed by atoms with E-state index >= 15 is 0 Å². The Morgan fingerprint density at radius 2 is 2.00 bits per heavy atom. The number of hydrogen-bond donors (Lipinski definition) is 4. The summed E-state index contributed by atoms with van der Waals surface area (Å²) >= 11 is 0. The zero-order valence-corrected chi connectivity index (χ0v) is 9.71. The Hall–Kier alpha value is -0.200. The van der Waals surface area contributed by atoms with Crippen LogP contribution in [0.2, 0.25) is 0 Å². The van der Waals surface area contributed by atoms with E-state index in [2.05, 4.69) is 17.1 Å². The molecule has 0 spiro atoms. The van der Waals surface area contributed by atoms with Crippen LogP contribution in [0.3, 0.4) is 0 Å². The van der Waals surface area contributed by atoms with Crippen LogP contribution in [0.15, 0.2) is 0 Å². The van der Waals surface area contributed by atoms with Gasteiger partial charge in [0.2, 0.25) is 0 Å². The molecule has 1 fully saturated rings. The van der Waals surface area contributed by atoms with Gasteiger partial charge < -0.3 is 22.5 Å². The summed E-state index contributed by atoms with van der Waals surface area (Å²) in [5, 5.41) is 3.32. The van der Waals surface area contributed by atoms with Crippen molar-refractivity contribution in [3.05, 3.63) is 0 Å². The van der Waals surface area contributed by atoms with Crippen molar-refractivity contribution in [3.8, 4) is 0 Å². The SMILES string of the molecule is CCC(N)(CN1CCNCC1)C(N)CN. The second-order valence-electron chi connectivity index (χ2n) is 4.46. The molecule has 0 aromatic rings. The van der Waals surface area contributed by atoms with E-state index in [0.717, 1.165) is 39.1 Å². The lowest BCUT2D eigenvalue weighted by Crippen LogP contribution is -2.64. The lowest BCUT2D eigenvalue weighted by Gasteiger charge is -2.40. The van der Waals surface area contributed by atoms with Crippen LogP contribution in [0.4, 0.5) is 0 Å². The van der Waals surface area contributed by atoms with Gasteiger partial charge in [0.1, 0.15) is 0 Å². The van der Waals surface area contributed by atoms with Gasteiger partial charge in [-0.2, -0.15) is 0 Å². The molecule has 1 rings (SSSR count). The van der Waals surface area contributed by atoms with Gasteiger partial charge in [0.25, 0.3) is 0 Å². The Kier molecular flexibility index (Phi) is 4.95. The van der Waals surface area contributed by atoms with E-state index in [4.69, 9.17) is 17.2 Å². The molecule has 1 aliphatic heterocycles. The highest BCUT2D eigenvalue weighted by molar-refractivity contribution is 4.96. The molecule has 7 N–H and O–H groups in total. The van der Waals surface area contributed by atoms with E-state index in [-0.39, 0.29) is 11.6 Å². The molecular weight excluding hydrogens is 190 g/mol. The molecule has 0 radical (unpaired) electrons. The minimum Gasteiger partial charge on any atom is -0.329 e. The summed E-state index contributed by atoms with van der Waals surface area (Å²) in [4.78, 5) is 2.37. The second-order valence-corrected chi connectivity index (χ2v) is 4.46. The average Bonchev–Trinajstić information content (AvgIpc) is 2.29. The van der Waals surface area contributed by atoms with Crippen LogP contribution >= 0.6 is 0 Å². The first-order valence-corrected chi connectivity index (χ1v) is 5.80. The van der Waals surface area contributed by atoms with Gasteiger partial charge in [-0.15, -0.1) is 0 Å². The highest BCUT2D eigenvalue weighted by atomic mass is 15.2. The molecule has 0 aromatic heterocycles. The number of nitrogens with two attached hydrogens (primary N) is 3. The lowest BCUT2D eigenvalue weighted by atomic mass is 9.88. The average molecular weight is 215 g/mol.